The van der Waals surface area contributed by atoms with Crippen molar-refractivity contribution in [2.75, 3.05) is 0 Å². The van der Waals surface area contributed by atoms with Crippen LogP contribution >= 0.6 is 0 Å². The van der Waals surface area contributed by atoms with Crippen molar-refractivity contribution in [1.29, 1.82) is 0 Å². The van der Waals surface area contributed by atoms with Crippen molar-refractivity contribution in [3.63, 3.8) is 0 Å². The Morgan fingerprint density at radius 3 is 2.36 bits per heavy atom. The van der Waals surface area contributed by atoms with Crippen molar-refractivity contribution in [3.8, 4) is 11.3 Å². The van der Waals surface area contributed by atoms with E-state index in [4.69, 9.17) is 5.73 Å². The van der Waals surface area contributed by atoms with Gasteiger partial charge in [0.2, 0.25) is 0 Å². The van der Waals surface area contributed by atoms with E-state index in [1.54, 1.807) is 0 Å². The van der Waals surface area contributed by atoms with Gasteiger partial charge < -0.3 is 10.3 Å². The molecule has 0 bridgehead atoms. The molecule has 3 heteroatoms. The van der Waals surface area contributed by atoms with E-state index >= 15 is 0 Å². The van der Waals surface area contributed by atoms with Crippen LogP contribution < -0.4 is 11.3 Å². The Balaban J connectivity index is 2.79. The Hall–Kier alpha value is -1.87. The molecule has 0 unspecified atom stereocenters. The Kier molecular flexibility index (Phi) is 4.87. The molecule has 0 fully saturated rings. The highest BCUT2D eigenvalue weighted by molar-refractivity contribution is 5.66. The maximum Gasteiger partial charge on any atom is 0.255 e. The van der Waals surface area contributed by atoms with E-state index in [9.17, 15) is 4.79 Å². The van der Waals surface area contributed by atoms with Crippen molar-refractivity contribution >= 4 is 0 Å². The SMILES string of the molecule is Cc1ccc(C)c(-c2cc(C)c(CN)c(=O)n2CC(C)C)c1. The first-order chi connectivity index (χ1) is 10.3. The van der Waals surface area contributed by atoms with E-state index in [0.29, 0.717) is 12.5 Å². The Morgan fingerprint density at radius 2 is 1.77 bits per heavy atom. The lowest BCUT2D eigenvalue weighted by Crippen LogP contribution is -2.29. The smallest absolute Gasteiger partial charge is 0.255 e. The van der Waals surface area contributed by atoms with Gasteiger partial charge in [-0.2, -0.15) is 0 Å². The molecule has 3 nitrogen and oxygen atoms in total. The number of nitrogens with zero attached hydrogens (tertiary/aromatic N) is 1. The first-order valence-corrected chi connectivity index (χ1v) is 7.86. The number of hydrogen-bond donors (Lipinski definition) is 1. The lowest BCUT2D eigenvalue weighted by molar-refractivity contribution is 0.512. The van der Waals surface area contributed by atoms with Crippen LogP contribution in [-0.4, -0.2) is 4.57 Å². The molecule has 0 aliphatic rings. The number of hydrogen-bond acceptors (Lipinski definition) is 2. The van der Waals surface area contributed by atoms with Crippen molar-refractivity contribution in [2.45, 2.75) is 47.7 Å². The molecule has 1 aromatic heterocycles. The Morgan fingerprint density at radius 1 is 1.09 bits per heavy atom. The maximum absolute atomic E-state index is 12.8. The average molecular weight is 298 g/mol. The minimum absolute atomic E-state index is 0.0482. The number of rotatable bonds is 4. The molecule has 0 atom stereocenters. The molecule has 0 radical (unpaired) electrons. The Labute approximate surface area is 132 Å². The van der Waals surface area contributed by atoms with Gasteiger partial charge in [-0.1, -0.05) is 31.5 Å². The fourth-order valence-electron chi connectivity index (χ4n) is 2.84. The van der Waals surface area contributed by atoms with Crippen LogP contribution in [0.4, 0.5) is 0 Å². The van der Waals surface area contributed by atoms with Gasteiger partial charge in [0, 0.05) is 24.2 Å². The van der Waals surface area contributed by atoms with Gasteiger partial charge in [-0.05, 0) is 49.9 Å². The summed E-state index contributed by atoms with van der Waals surface area (Å²) >= 11 is 0. The summed E-state index contributed by atoms with van der Waals surface area (Å²) in [5.41, 5.74) is 12.0. The molecular formula is C19H26N2O. The highest BCUT2D eigenvalue weighted by Crippen LogP contribution is 2.26. The molecule has 22 heavy (non-hydrogen) atoms. The summed E-state index contributed by atoms with van der Waals surface area (Å²) in [6.07, 6.45) is 0. The number of aryl methyl sites for hydroxylation is 3. The number of benzene rings is 1. The number of nitrogens with two attached hydrogens (primary N) is 1. The van der Waals surface area contributed by atoms with Crippen molar-refractivity contribution in [1.82, 2.24) is 4.57 Å². The first kappa shape index (κ1) is 16.5. The molecule has 2 rings (SSSR count). The van der Waals surface area contributed by atoms with Gasteiger partial charge in [0.15, 0.2) is 0 Å². The van der Waals surface area contributed by atoms with E-state index in [-0.39, 0.29) is 12.1 Å². The zero-order valence-corrected chi connectivity index (χ0v) is 14.2. The first-order valence-electron chi connectivity index (χ1n) is 7.86. The predicted octanol–water partition coefficient (Wildman–Crippen LogP) is 3.56. The van der Waals surface area contributed by atoms with Crippen molar-refractivity contribution < 1.29 is 0 Å². The highest BCUT2D eigenvalue weighted by Gasteiger charge is 2.15. The standard InChI is InChI=1S/C19H26N2O/c1-12(2)11-21-18(9-15(5)17(10-20)19(21)22)16-8-13(3)6-7-14(16)4/h6-9,12H,10-11,20H2,1-5H3. The average Bonchev–Trinajstić information content (AvgIpc) is 2.44. The third kappa shape index (κ3) is 3.14. The summed E-state index contributed by atoms with van der Waals surface area (Å²) in [7, 11) is 0. The summed E-state index contributed by atoms with van der Waals surface area (Å²) in [6.45, 7) is 11.4. The molecule has 0 amide bonds. The van der Waals surface area contributed by atoms with Gasteiger partial charge in [-0.15, -0.1) is 0 Å². The molecule has 0 spiro atoms. The van der Waals surface area contributed by atoms with Crippen molar-refractivity contribution in [3.05, 3.63) is 56.9 Å². The van der Waals surface area contributed by atoms with Gasteiger partial charge in [0.05, 0.1) is 5.69 Å². The number of aromatic nitrogens is 1. The summed E-state index contributed by atoms with van der Waals surface area (Å²) in [5.74, 6) is 0.398. The second-order valence-electron chi connectivity index (χ2n) is 6.52. The summed E-state index contributed by atoms with van der Waals surface area (Å²) in [6, 6.07) is 8.47. The van der Waals surface area contributed by atoms with Crippen LogP contribution in [0.2, 0.25) is 0 Å². The van der Waals surface area contributed by atoms with Crippen LogP contribution in [0.3, 0.4) is 0 Å². The molecule has 0 saturated heterocycles. The molecule has 0 saturated carbocycles. The third-order valence-electron chi connectivity index (χ3n) is 4.04. The van der Waals surface area contributed by atoms with Gasteiger partial charge >= 0.3 is 0 Å². The quantitative estimate of drug-likeness (QED) is 0.938. The molecule has 1 aromatic carbocycles. The Bertz CT molecular complexity index is 742. The van der Waals surface area contributed by atoms with Crippen LogP contribution in [-0.2, 0) is 13.1 Å². The maximum atomic E-state index is 12.8. The summed E-state index contributed by atoms with van der Waals surface area (Å²) in [4.78, 5) is 12.8. The largest absolute Gasteiger partial charge is 0.326 e. The lowest BCUT2D eigenvalue weighted by atomic mass is 9.99. The van der Waals surface area contributed by atoms with Crippen LogP contribution in [0.15, 0.2) is 29.1 Å². The molecule has 2 N–H and O–H groups in total. The van der Waals surface area contributed by atoms with Gasteiger partial charge in [-0.25, -0.2) is 0 Å². The van der Waals surface area contributed by atoms with E-state index in [1.807, 2.05) is 11.5 Å². The van der Waals surface area contributed by atoms with Crippen LogP contribution in [0, 0.1) is 26.7 Å². The third-order valence-corrected chi connectivity index (χ3v) is 4.04. The van der Waals surface area contributed by atoms with Crippen LogP contribution in [0.5, 0.6) is 0 Å². The van der Waals surface area contributed by atoms with E-state index in [1.165, 1.54) is 11.1 Å². The molecule has 118 valence electrons. The normalized spacial score (nSPS) is 11.2. The number of pyridine rings is 1. The van der Waals surface area contributed by atoms with E-state index in [2.05, 4.69) is 52.0 Å². The van der Waals surface area contributed by atoms with E-state index < -0.39 is 0 Å². The van der Waals surface area contributed by atoms with Gasteiger partial charge in [0.25, 0.3) is 5.56 Å². The fourth-order valence-corrected chi connectivity index (χ4v) is 2.84. The summed E-state index contributed by atoms with van der Waals surface area (Å²) in [5, 5.41) is 0. The molecule has 2 aromatic rings. The molecule has 0 aliphatic heterocycles. The topological polar surface area (TPSA) is 48.0 Å². The minimum atomic E-state index is 0.0482. The zero-order valence-electron chi connectivity index (χ0n) is 14.2. The van der Waals surface area contributed by atoms with E-state index in [0.717, 1.165) is 22.4 Å². The van der Waals surface area contributed by atoms with Gasteiger partial charge in [-0.3, -0.25) is 4.79 Å². The summed E-state index contributed by atoms with van der Waals surface area (Å²) < 4.78 is 1.89. The highest BCUT2D eigenvalue weighted by atomic mass is 16.1. The monoisotopic (exact) mass is 298 g/mol. The zero-order chi connectivity index (χ0) is 16.4. The minimum Gasteiger partial charge on any atom is -0.326 e. The van der Waals surface area contributed by atoms with Crippen LogP contribution in [0.25, 0.3) is 11.3 Å². The second kappa shape index (κ2) is 6.49. The predicted molar refractivity (Wildman–Crippen MR) is 93.1 cm³/mol. The molecular weight excluding hydrogens is 272 g/mol. The second-order valence-corrected chi connectivity index (χ2v) is 6.52. The van der Waals surface area contributed by atoms with Crippen molar-refractivity contribution in [2.24, 2.45) is 11.7 Å². The molecule has 1 heterocycles. The fraction of sp³-hybridized carbons (Fsp3) is 0.421. The lowest BCUT2D eigenvalue weighted by Gasteiger charge is -2.19. The molecule has 0 aliphatic carbocycles. The van der Waals surface area contributed by atoms with Gasteiger partial charge in [0.1, 0.15) is 0 Å². The van der Waals surface area contributed by atoms with Crippen LogP contribution in [0.1, 0.15) is 36.1 Å².